The summed E-state index contributed by atoms with van der Waals surface area (Å²) >= 11 is 0. The van der Waals surface area contributed by atoms with Gasteiger partial charge in [0.15, 0.2) is 17.4 Å². The van der Waals surface area contributed by atoms with Gasteiger partial charge in [0.05, 0.1) is 11.7 Å². The van der Waals surface area contributed by atoms with Crippen LogP contribution in [0.2, 0.25) is 0 Å². The summed E-state index contributed by atoms with van der Waals surface area (Å²) in [4.78, 5) is 26.0. The average Bonchev–Trinajstić information content (AvgIpc) is 3.21. The van der Waals surface area contributed by atoms with Gasteiger partial charge in [-0.2, -0.15) is 5.10 Å². The largest absolute Gasteiger partial charge is 0.487 e. The standard InChI is InChI=1S/C22H20F2N6O2/c1-29-12-13(10-26-29)21-22(28-17-9-20(31)25-11-18(17)27-21)30-6-4-15(5-7-30)32-19-3-2-14(23)8-16(19)24/h2-3,8-12,15H,4-7H2,1H3,(H,25,31). The van der Waals surface area contributed by atoms with Crippen LogP contribution in [0, 0.1) is 11.6 Å². The number of aromatic nitrogens is 5. The Labute approximate surface area is 181 Å². The van der Waals surface area contributed by atoms with Crippen LogP contribution in [0.25, 0.3) is 22.3 Å². The maximum Gasteiger partial charge on any atom is 0.250 e. The number of H-pyrrole nitrogens is 1. The van der Waals surface area contributed by atoms with E-state index < -0.39 is 11.6 Å². The van der Waals surface area contributed by atoms with Crippen molar-refractivity contribution >= 4 is 16.9 Å². The van der Waals surface area contributed by atoms with Crippen molar-refractivity contribution in [2.45, 2.75) is 18.9 Å². The minimum absolute atomic E-state index is 0.0469. The van der Waals surface area contributed by atoms with Gasteiger partial charge in [-0.05, 0) is 12.1 Å². The molecule has 0 unspecified atom stereocenters. The van der Waals surface area contributed by atoms with Crippen LogP contribution in [0.3, 0.4) is 0 Å². The van der Waals surface area contributed by atoms with Crippen molar-refractivity contribution in [1.82, 2.24) is 24.7 Å². The molecule has 0 aliphatic carbocycles. The molecular weight excluding hydrogens is 418 g/mol. The predicted octanol–water partition coefficient (Wildman–Crippen LogP) is 3.04. The number of anilines is 1. The summed E-state index contributed by atoms with van der Waals surface area (Å²) in [5.41, 5.74) is 2.32. The van der Waals surface area contributed by atoms with Crippen LogP contribution in [0.5, 0.6) is 5.75 Å². The topological polar surface area (TPSA) is 88.9 Å². The molecule has 0 saturated carbocycles. The second kappa shape index (κ2) is 8.03. The quantitative estimate of drug-likeness (QED) is 0.527. The van der Waals surface area contributed by atoms with Gasteiger partial charge >= 0.3 is 0 Å². The maximum atomic E-state index is 13.9. The number of pyridine rings is 1. The van der Waals surface area contributed by atoms with Gasteiger partial charge in [-0.1, -0.05) is 0 Å². The van der Waals surface area contributed by atoms with Gasteiger partial charge in [0.1, 0.15) is 23.1 Å². The summed E-state index contributed by atoms with van der Waals surface area (Å²) in [5.74, 6) is -0.647. The molecule has 4 aromatic rings. The van der Waals surface area contributed by atoms with Crippen LogP contribution in [-0.2, 0) is 7.05 Å². The van der Waals surface area contributed by atoms with E-state index in [2.05, 4.69) is 15.0 Å². The minimum atomic E-state index is -0.711. The number of fused-ring (bicyclic) bond motifs is 1. The zero-order valence-electron chi connectivity index (χ0n) is 17.3. The second-order valence-electron chi connectivity index (χ2n) is 7.75. The fourth-order valence-corrected chi connectivity index (χ4v) is 3.86. The molecule has 164 valence electrons. The van der Waals surface area contributed by atoms with Crippen molar-refractivity contribution in [3.8, 4) is 17.0 Å². The molecule has 8 nitrogen and oxygen atoms in total. The van der Waals surface area contributed by atoms with Crippen LogP contribution < -0.4 is 15.2 Å². The summed E-state index contributed by atoms with van der Waals surface area (Å²) in [6, 6.07) is 4.73. The van der Waals surface area contributed by atoms with Gasteiger partial charge in [-0.3, -0.25) is 9.48 Å². The van der Waals surface area contributed by atoms with E-state index >= 15 is 0 Å². The third-order valence-corrected chi connectivity index (χ3v) is 5.46. The van der Waals surface area contributed by atoms with Crippen molar-refractivity contribution in [2.75, 3.05) is 18.0 Å². The van der Waals surface area contributed by atoms with Gasteiger partial charge in [0.25, 0.3) is 0 Å². The molecule has 0 bridgehead atoms. The number of piperidine rings is 1. The Morgan fingerprint density at radius 2 is 1.94 bits per heavy atom. The SMILES string of the molecule is Cn1cc(-c2nc3c[nH]c(=O)cc3nc2N2CCC(Oc3ccc(F)cc3F)CC2)cn1. The Kier molecular flexibility index (Phi) is 5.04. The molecule has 1 saturated heterocycles. The summed E-state index contributed by atoms with van der Waals surface area (Å²) in [5, 5.41) is 4.24. The number of nitrogens with zero attached hydrogens (tertiary/aromatic N) is 5. The van der Waals surface area contributed by atoms with Gasteiger partial charge in [0.2, 0.25) is 5.56 Å². The van der Waals surface area contributed by atoms with E-state index in [1.54, 1.807) is 17.1 Å². The van der Waals surface area contributed by atoms with Crippen LogP contribution in [0.4, 0.5) is 14.6 Å². The number of rotatable bonds is 4. The normalized spacial score (nSPS) is 14.8. The Morgan fingerprint density at radius 1 is 1.12 bits per heavy atom. The molecular formula is C22H20F2N6O2. The average molecular weight is 438 g/mol. The fourth-order valence-electron chi connectivity index (χ4n) is 3.86. The first-order chi connectivity index (χ1) is 15.5. The van der Waals surface area contributed by atoms with E-state index in [0.29, 0.717) is 48.5 Å². The van der Waals surface area contributed by atoms with Crippen LogP contribution >= 0.6 is 0 Å². The Balaban J connectivity index is 1.42. The molecule has 0 radical (unpaired) electrons. The van der Waals surface area contributed by atoms with E-state index in [1.165, 1.54) is 18.2 Å². The lowest BCUT2D eigenvalue weighted by Crippen LogP contribution is -2.39. The monoisotopic (exact) mass is 438 g/mol. The van der Waals surface area contributed by atoms with E-state index in [1.807, 2.05) is 13.2 Å². The summed E-state index contributed by atoms with van der Waals surface area (Å²) < 4.78 is 34.5. The highest BCUT2D eigenvalue weighted by Crippen LogP contribution is 2.31. The third-order valence-electron chi connectivity index (χ3n) is 5.46. The Bertz CT molecular complexity index is 1340. The van der Waals surface area contributed by atoms with Gasteiger partial charge in [0, 0.05) is 63.1 Å². The first-order valence-electron chi connectivity index (χ1n) is 10.2. The third kappa shape index (κ3) is 3.91. The van der Waals surface area contributed by atoms with Gasteiger partial charge < -0.3 is 14.6 Å². The predicted molar refractivity (Wildman–Crippen MR) is 115 cm³/mol. The highest BCUT2D eigenvalue weighted by atomic mass is 19.1. The molecule has 5 rings (SSSR count). The van der Waals surface area contributed by atoms with Crippen molar-refractivity contribution < 1.29 is 13.5 Å². The molecule has 1 N–H and O–H groups in total. The summed E-state index contributed by atoms with van der Waals surface area (Å²) in [6.07, 6.45) is 6.17. The van der Waals surface area contributed by atoms with Crippen molar-refractivity contribution in [1.29, 1.82) is 0 Å². The molecule has 1 aliphatic heterocycles. The van der Waals surface area contributed by atoms with E-state index in [4.69, 9.17) is 14.7 Å². The molecule has 3 aromatic heterocycles. The minimum Gasteiger partial charge on any atom is -0.487 e. The molecule has 32 heavy (non-hydrogen) atoms. The lowest BCUT2D eigenvalue weighted by atomic mass is 10.1. The van der Waals surface area contributed by atoms with Crippen LogP contribution in [-0.4, -0.2) is 43.9 Å². The number of aromatic amines is 1. The maximum absolute atomic E-state index is 13.9. The number of aryl methyl sites for hydroxylation is 1. The number of nitrogens with one attached hydrogen (secondary N) is 1. The van der Waals surface area contributed by atoms with E-state index in [9.17, 15) is 13.6 Å². The first kappa shape index (κ1) is 20.1. The smallest absolute Gasteiger partial charge is 0.250 e. The van der Waals surface area contributed by atoms with E-state index in [-0.39, 0.29) is 17.4 Å². The highest BCUT2D eigenvalue weighted by Gasteiger charge is 2.26. The fraction of sp³-hybridized carbons (Fsp3) is 0.273. The molecule has 0 amide bonds. The van der Waals surface area contributed by atoms with Gasteiger partial charge in [-0.15, -0.1) is 0 Å². The Hall–Kier alpha value is -3.82. The molecule has 1 aromatic carbocycles. The lowest BCUT2D eigenvalue weighted by Gasteiger charge is -2.33. The summed E-state index contributed by atoms with van der Waals surface area (Å²) in [7, 11) is 1.83. The summed E-state index contributed by atoms with van der Waals surface area (Å²) in [6.45, 7) is 1.20. The molecule has 0 spiro atoms. The number of ether oxygens (including phenoxy) is 1. The number of halogens is 2. The first-order valence-corrected chi connectivity index (χ1v) is 10.2. The van der Waals surface area contributed by atoms with Gasteiger partial charge in [-0.25, -0.2) is 18.7 Å². The van der Waals surface area contributed by atoms with Crippen LogP contribution in [0.1, 0.15) is 12.8 Å². The molecule has 4 heterocycles. The molecule has 0 atom stereocenters. The number of hydrogen-bond donors (Lipinski definition) is 1. The lowest BCUT2D eigenvalue weighted by molar-refractivity contribution is 0.163. The number of benzene rings is 1. The van der Waals surface area contributed by atoms with Crippen molar-refractivity contribution in [3.05, 3.63) is 64.8 Å². The molecule has 1 aliphatic rings. The zero-order valence-corrected chi connectivity index (χ0v) is 17.3. The molecule has 10 heteroatoms. The Morgan fingerprint density at radius 3 is 2.66 bits per heavy atom. The van der Waals surface area contributed by atoms with Crippen molar-refractivity contribution in [3.63, 3.8) is 0 Å². The molecule has 1 fully saturated rings. The zero-order chi connectivity index (χ0) is 22.2. The second-order valence-corrected chi connectivity index (χ2v) is 7.75. The van der Waals surface area contributed by atoms with Crippen molar-refractivity contribution in [2.24, 2.45) is 7.05 Å². The highest BCUT2D eigenvalue weighted by molar-refractivity contribution is 5.82. The van der Waals surface area contributed by atoms with E-state index in [0.717, 1.165) is 11.6 Å². The number of hydrogen-bond acceptors (Lipinski definition) is 6. The van der Waals surface area contributed by atoms with Crippen LogP contribution in [0.15, 0.2) is 47.7 Å².